The molecule has 0 saturated carbocycles. The van der Waals surface area contributed by atoms with Gasteiger partial charge in [-0.05, 0) is 0 Å². The van der Waals surface area contributed by atoms with Crippen molar-refractivity contribution in [2.45, 2.75) is 38.0 Å². The first-order valence-corrected chi connectivity index (χ1v) is 7.17. The van der Waals surface area contributed by atoms with E-state index in [2.05, 4.69) is 25.3 Å². The van der Waals surface area contributed by atoms with Crippen molar-refractivity contribution >= 4 is 8.07 Å². The molecule has 0 rings (SSSR count). The normalized spacial score (nSPS) is 10.2. The first-order chi connectivity index (χ1) is 5.18. The van der Waals surface area contributed by atoms with Crippen molar-refractivity contribution in [2.75, 3.05) is 0 Å². The molecule has 11 heavy (non-hydrogen) atoms. The van der Waals surface area contributed by atoms with E-state index in [1.807, 2.05) is 0 Å². The Bertz CT molecular complexity index is 164. The molecule has 0 bridgehead atoms. The van der Waals surface area contributed by atoms with Gasteiger partial charge in [-0.15, -0.1) is 24.7 Å². The fourth-order valence-corrected chi connectivity index (χ4v) is 4.01. The molecule has 0 unspecified atom stereocenters. The van der Waals surface area contributed by atoms with Crippen LogP contribution in [0.2, 0.25) is 24.7 Å². The Morgan fingerprint density at radius 3 is 1.91 bits per heavy atom. The van der Waals surface area contributed by atoms with Gasteiger partial charge < -0.3 is 0 Å². The van der Waals surface area contributed by atoms with Crippen LogP contribution in [0.3, 0.4) is 0 Å². The highest BCUT2D eigenvalue weighted by molar-refractivity contribution is 6.79. The Hall–Kier alpha value is -0.663. The van der Waals surface area contributed by atoms with Gasteiger partial charge in [-0.2, -0.15) is 0 Å². The highest BCUT2D eigenvalue weighted by Gasteiger charge is 2.23. The van der Waals surface area contributed by atoms with Gasteiger partial charge in [0.15, 0.2) is 0 Å². The molecule has 0 aromatic heterocycles. The second kappa shape index (κ2) is 5.05. The van der Waals surface area contributed by atoms with Crippen LogP contribution in [0.4, 0.5) is 0 Å². The van der Waals surface area contributed by atoms with Crippen LogP contribution in [0.5, 0.6) is 0 Å². The highest BCUT2D eigenvalue weighted by Crippen LogP contribution is 2.21. The van der Waals surface area contributed by atoms with Crippen LogP contribution in [0.15, 0.2) is 0 Å². The summed E-state index contributed by atoms with van der Waals surface area (Å²) in [4.78, 5) is 0. The van der Waals surface area contributed by atoms with Gasteiger partial charge in [0.1, 0.15) is 0 Å². The molecular weight excluding hydrogens is 148 g/mol. The molecule has 0 aliphatic rings. The third-order valence-corrected chi connectivity index (χ3v) is 5.73. The average Bonchev–Trinajstić information content (AvgIpc) is 1.88. The SMILES string of the molecule is C#CC[Si](C)(CC#C)CCC. The van der Waals surface area contributed by atoms with E-state index in [9.17, 15) is 0 Å². The molecular formula is C10H16Si. The van der Waals surface area contributed by atoms with Crippen molar-refractivity contribution in [3.63, 3.8) is 0 Å². The van der Waals surface area contributed by atoms with Crippen molar-refractivity contribution < 1.29 is 0 Å². The van der Waals surface area contributed by atoms with Gasteiger partial charge in [0.25, 0.3) is 0 Å². The van der Waals surface area contributed by atoms with Crippen molar-refractivity contribution in [1.82, 2.24) is 0 Å². The van der Waals surface area contributed by atoms with E-state index in [0.717, 1.165) is 12.1 Å². The minimum atomic E-state index is -1.22. The van der Waals surface area contributed by atoms with Gasteiger partial charge in [-0.3, -0.25) is 0 Å². The molecule has 1 heteroatoms. The van der Waals surface area contributed by atoms with Gasteiger partial charge in [0, 0.05) is 12.1 Å². The maximum atomic E-state index is 5.29. The minimum Gasteiger partial charge on any atom is -0.120 e. The average molecular weight is 164 g/mol. The standard InChI is InChI=1S/C10H16Si/c1-5-8-11(4,9-6-2)10-7-3/h1-2H,7-10H2,3-4H3. The molecule has 0 spiro atoms. The molecule has 0 aliphatic carbocycles. The third kappa shape index (κ3) is 3.91. The van der Waals surface area contributed by atoms with Crippen LogP contribution in [0.1, 0.15) is 13.3 Å². The summed E-state index contributed by atoms with van der Waals surface area (Å²) in [6.07, 6.45) is 11.8. The molecule has 0 aliphatic heterocycles. The zero-order chi connectivity index (χ0) is 8.74. The first kappa shape index (κ1) is 10.3. The summed E-state index contributed by atoms with van der Waals surface area (Å²) in [6, 6.07) is 3.14. The fourth-order valence-electron chi connectivity index (χ4n) is 1.34. The molecule has 0 amide bonds. The lowest BCUT2D eigenvalue weighted by Gasteiger charge is -2.21. The summed E-state index contributed by atoms with van der Waals surface area (Å²) in [5.74, 6) is 5.49. The summed E-state index contributed by atoms with van der Waals surface area (Å²) in [5, 5.41) is 0. The summed E-state index contributed by atoms with van der Waals surface area (Å²) in [6.45, 7) is 4.49. The minimum absolute atomic E-state index is 0.936. The van der Waals surface area contributed by atoms with E-state index >= 15 is 0 Å². The summed E-state index contributed by atoms with van der Waals surface area (Å²) < 4.78 is 0. The lowest BCUT2D eigenvalue weighted by molar-refractivity contribution is 1.04. The largest absolute Gasteiger partial charge is 0.120 e. The van der Waals surface area contributed by atoms with Gasteiger partial charge in [-0.25, -0.2) is 0 Å². The Kier molecular flexibility index (Phi) is 4.74. The number of hydrogen-bond donors (Lipinski definition) is 0. The van der Waals surface area contributed by atoms with E-state index in [-0.39, 0.29) is 0 Å². The van der Waals surface area contributed by atoms with Gasteiger partial charge in [0.05, 0.1) is 8.07 Å². The van der Waals surface area contributed by atoms with Crippen LogP contribution < -0.4 is 0 Å². The second-order valence-corrected chi connectivity index (χ2v) is 8.15. The zero-order valence-corrected chi connectivity index (χ0v) is 8.48. The van der Waals surface area contributed by atoms with Crippen molar-refractivity contribution in [3.05, 3.63) is 0 Å². The predicted octanol–water partition coefficient (Wildman–Crippen LogP) is 2.74. The fraction of sp³-hybridized carbons (Fsp3) is 0.600. The van der Waals surface area contributed by atoms with Crippen LogP contribution in [-0.4, -0.2) is 8.07 Å². The quantitative estimate of drug-likeness (QED) is 0.443. The van der Waals surface area contributed by atoms with E-state index < -0.39 is 8.07 Å². The Morgan fingerprint density at radius 2 is 1.64 bits per heavy atom. The van der Waals surface area contributed by atoms with E-state index in [4.69, 9.17) is 12.8 Å². The Balaban J connectivity index is 4.05. The molecule has 0 heterocycles. The Morgan fingerprint density at radius 1 is 1.18 bits per heavy atom. The van der Waals surface area contributed by atoms with Crippen LogP contribution in [0, 0.1) is 24.7 Å². The molecule has 0 aromatic rings. The molecule has 0 aromatic carbocycles. The van der Waals surface area contributed by atoms with Crippen molar-refractivity contribution in [2.24, 2.45) is 0 Å². The van der Waals surface area contributed by atoms with E-state index in [1.165, 1.54) is 12.5 Å². The molecule has 0 saturated heterocycles. The van der Waals surface area contributed by atoms with Gasteiger partial charge >= 0.3 is 0 Å². The first-order valence-electron chi connectivity index (χ1n) is 4.05. The molecule has 0 N–H and O–H groups in total. The molecule has 0 fully saturated rings. The van der Waals surface area contributed by atoms with Crippen LogP contribution in [-0.2, 0) is 0 Å². The van der Waals surface area contributed by atoms with E-state index in [0.29, 0.717) is 0 Å². The number of terminal acetylenes is 2. The smallest absolute Gasteiger partial charge is 0.0759 e. The second-order valence-electron chi connectivity index (χ2n) is 3.32. The lowest BCUT2D eigenvalue weighted by atomic mass is 10.6. The monoisotopic (exact) mass is 164 g/mol. The lowest BCUT2D eigenvalue weighted by Crippen LogP contribution is -2.27. The maximum Gasteiger partial charge on any atom is 0.0759 e. The molecule has 60 valence electrons. The van der Waals surface area contributed by atoms with Crippen molar-refractivity contribution in [1.29, 1.82) is 0 Å². The van der Waals surface area contributed by atoms with Gasteiger partial charge in [-0.1, -0.05) is 25.9 Å². The number of rotatable bonds is 4. The molecule has 0 radical (unpaired) electrons. The zero-order valence-electron chi connectivity index (χ0n) is 7.48. The summed E-state index contributed by atoms with van der Waals surface area (Å²) >= 11 is 0. The Labute approximate surface area is 71.4 Å². The number of hydrogen-bond acceptors (Lipinski definition) is 0. The highest BCUT2D eigenvalue weighted by atomic mass is 28.3. The summed E-state index contributed by atoms with van der Waals surface area (Å²) in [7, 11) is -1.22. The van der Waals surface area contributed by atoms with Gasteiger partial charge in [0.2, 0.25) is 0 Å². The van der Waals surface area contributed by atoms with Crippen molar-refractivity contribution in [3.8, 4) is 24.7 Å². The summed E-state index contributed by atoms with van der Waals surface area (Å²) in [5.41, 5.74) is 0. The molecule has 0 nitrogen and oxygen atoms in total. The van der Waals surface area contributed by atoms with Crippen LogP contribution in [0.25, 0.3) is 0 Å². The predicted molar refractivity (Wildman–Crippen MR) is 54.0 cm³/mol. The van der Waals surface area contributed by atoms with Crippen LogP contribution >= 0.6 is 0 Å². The molecule has 0 atom stereocenters. The topological polar surface area (TPSA) is 0 Å². The maximum absolute atomic E-state index is 5.29. The van der Waals surface area contributed by atoms with E-state index in [1.54, 1.807) is 0 Å². The third-order valence-electron chi connectivity index (χ3n) is 1.91.